The lowest BCUT2D eigenvalue weighted by atomic mass is 10.1. The standard InChI is InChI=1S/C10H13NO7/c12-7-3-5(9(15)16)4-11(7)6(10(17)18)1-2-8(13)14/h5-6H,1-4H2,(H,13,14)(H,15,16)(H,17,18)/t5?,6-/m0/s1. The third-order valence-electron chi connectivity index (χ3n) is 2.80. The molecule has 1 aliphatic rings. The number of carboxylic acid groups (broad SMARTS) is 3. The van der Waals surface area contributed by atoms with Crippen LogP contribution in [0.5, 0.6) is 0 Å². The summed E-state index contributed by atoms with van der Waals surface area (Å²) in [5, 5.41) is 26.2. The van der Waals surface area contributed by atoms with E-state index in [0.29, 0.717) is 0 Å². The summed E-state index contributed by atoms with van der Waals surface area (Å²) in [6.45, 7) is -0.190. The van der Waals surface area contributed by atoms with Gasteiger partial charge in [0.25, 0.3) is 0 Å². The van der Waals surface area contributed by atoms with Gasteiger partial charge in [-0.25, -0.2) is 4.79 Å². The quantitative estimate of drug-likeness (QED) is 0.570. The highest BCUT2D eigenvalue weighted by molar-refractivity contribution is 5.89. The Bertz CT molecular complexity index is 392. The zero-order valence-electron chi connectivity index (χ0n) is 9.40. The molecule has 1 unspecified atom stereocenters. The molecule has 2 atom stereocenters. The molecule has 0 aromatic heterocycles. The van der Waals surface area contributed by atoms with E-state index in [1.165, 1.54) is 0 Å². The lowest BCUT2D eigenvalue weighted by Gasteiger charge is -2.23. The largest absolute Gasteiger partial charge is 0.481 e. The van der Waals surface area contributed by atoms with Gasteiger partial charge in [0.15, 0.2) is 0 Å². The van der Waals surface area contributed by atoms with E-state index in [-0.39, 0.29) is 19.4 Å². The highest BCUT2D eigenvalue weighted by Gasteiger charge is 2.40. The summed E-state index contributed by atoms with van der Waals surface area (Å²) in [5.74, 6) is -5.14. The van der Waals surface area contributed by atoms with Crippen molar-refractivity contribution in [2.45, 2.75) is 25.3 Å². The van der Waals surface area contributed by atoms with Crippen LogP contribution >= 0.6 is 0 Å². The van der Waals surface area contributed by atoms with Crippen molar-refractivity contribution in [3.63, 3.8) is 0 Å². The molecule has 100 valence electrons. The molecule has 1 saturated heterocycles. The van der Waals surface area contributed by atoms with Crippen LogP contribution in [0.25, 0.3) is 0 Å². The highest BCUT2D eigenvalue weighted by Crippen LogP contribution is 2.22. The number of carboxylic acids is 3. The fourth-order valence-electron chi connectivity index (χ4n) is 1.87. The van der Waals surface area contributed by atoms with E-state index in [2.05, 4.69) is 0 Å². The Balaban J connectivity index is 2.74. The summed E-state index contributed by atoms with van der Waals surface area (Å²) < 4.78 is 0. The predicted octanol–water partition coefficient (Wildman–Crippen LogP) is -0.762. The SMILES string of the molecule is O=C(O)CC[C@@H](C(=O)O)N1CC(C(=O)O)CC1=O. The zero-order chi connectivity index (χ0) is 13.9. The molecule has 1 aliphatic heterocycles. The first-order valence-corrected chi connectivity index (χ1v) is 5.29. The minimum Gasteiger partial charge on any atom is -0.481 e. The number of nitrogens with zero attached hydrogens (tertiary/aromatic N) is 1. The fourth-order valence-corrected chi connectivity index (χ4v) is 1.87. The van der Waals surface area contributed by atoms with E-state index < -0.39 is 42.2 Å². The Labute approximate surface area is 102 Å². The third-order valence-corrected chi connectivity index (χ3v) is 2.80. The first kappa shape index (κ1) is 13.9. The molecule has 0 aliphatic carbocycles. The topological polar surface area (TPSA) is 132 Å². The van der Waals surface area contributed by atoms with E-state index in [1.54, 1.807) is 0 Å². The number of rotatable bonds is 6. The van der Waals surface area contributed by atoms with Gasteiger partial charge in [-0.1, -0.05) is 0 Å². The lowest BCUT2D eigenvalue weighted by Crippen LogP contribution is -2.42. The fraction of sp³-hybridized carbons (Fsp3) is 0.600. The molecule has 1 amide bonds. The molecule has 1 heterocycles. The predicted molar refractivity (Wildman–Crippen MR) is 55.7 cm³/mol. The van der Waals surface area contributed by atoms with Gasteiger partial charge in [0, 0.05) is 19.4 Å². The Morgan fingerprint density at radius 1 is 1.28 bits per heavy atom. The first-order valence-electron chi connectivity index (χ1n) is 5.29. The molecule has 0 spiro atoms. The normalized spacial score (nSPS) is 20.8. The van der Waals surface area contributed by atoms with Gasteiger partial charge < -0.3 is 20.2 Å². The molecular weight excluding hydrogens is 246 g/mol. The van der Waals surface area contributed by atoms with Gasteiger partial charge in [0.05, 0.1) is 5.92 Å². The smallest absolute Gasteiger partial charge is 0.326 e. The van der Waals surface area contributed by atoms with Crippen LogP contribution in [0.4, 0.5) is 0 Å². The minimum atomic E-state index is -1.32. The lowest BCUT2D eigenvalue weighted by molar-refractivity contribution is -0.149. The molecule has 0 radical (unpaired) electrons. The molecule has 8 nitrogen and oxygen atoms in total. The summed E-state index contributed by atoms with van der Waals surface area (Å²) in [6, 6.07) is -1.28. The van der Waals surface area contributed by atoms with Crippen LogP contribution in [0.1, 0.15) is 19.3 Å². The van der Waals surface area contributed by atoms with E-state index in [4.69, 9.17) is 15.3 Å². The minimum absolute atomic E-state index is 0.190. The maximum Gasteiger partial charge on any atom is 0.326 e. The van der Waals surface area contributed by atoms with Crippen molar-refractivity contribution in [3.05, 3.63) is 0 Å². The van der Waals surface area contributed by atoms with Gasteiger partial charge in [-0.2, -0.15) is 0 Å². The van der Waals surface area contributed by atoms with Crippen molar-refractivity contribution in [1.29, 1.82) is 0 Å². The average Bonchev–Trinajstić information content (AvgIpc) is 2.60. The van der Waals surface area contributed by atoms with Crippen molar-refractivity contribution in [1.82, 2.24) is 4.90 Å². The van der Waals surface area contributed by atoms with Crippen molar-refractivity contribution in [3.8, 4) is 0 Å². The third kappa shape index (κ3) is 3.19. The van der Waals surface area contributed by atoms with Crippen LogP contribution in [-0.4, -0.2) is 56.6 Å². The average molecular weight is 259 g/mol. The van der Waals surface area contributed by atoms with E-state index >= 15 is 0 Å². The van der Waals surface area contributed by atoms with E-state index in [9.17, 15) is 19.2 Å². The summed E-state index contributed by atoms with van der Waals surface area (Å²) >= 11 is 0. The first-order chi connectivity index (χ1) is 8.32. The summed E-state index contributed by atoms with van der Waals surface area (Å²) in [6.07, 6.45) is -0.868. The van der Waals surface area contributed by atoms with Crippen LogP contribution in [0.15, 0.2) is 0 Å². The maximum absolute atomic E-state index is 11.5. The second-order valence-electron chi connectivity index (χ2n) is 4.07. The van der Waals surface area contributed by atoms with Crippen molar-refractivity contribution >= 4 is 23.8 Å². The van der Waals surface area contributed by atoms with Gasteiger partial charge in [0.2, 0.25) is 5.91 Å². The molecular formula is C10H13NO7. The van der Waals surface area contributed by atoms with E-state index in [0.717, 1.165) is 4.90 Å². The summed E-state index contributed by atoms with van der Waals surface area (Å²) in [7, 11) is 0. The van der Waals surface area contributed by atoms with Crippen LogP contribution in [0.2, 0.25) is 0 Å². The number of likely N-dealkylation sites (tertiary alicyclic amines) is 1. The number of aliphatic carboxylic acids is 3. The number of amides is 1. The van der Waals surface area contributed by atoms with Crippen molar-refractivity contribution in [2.75, 3.05) is 6.54 Å². The highest BCUT2D eigenvalue weighted by atomic mass is 16.4. The van der Waals surface area contributed by atoms with Gasteiger partial charge in [-0.05, 0) is 6.42 Å². The van der Waals surface area contributed by atoms with Gasteiger partial charge >= 0.3 is 17.9 Å². The number of carbonyl (C=O) groups excluding carboxylic acids is 1. The number of hydrogen-bond donors (Lipinski definition) is 3. The van der Waals surface area contributed by atoms with Gasteiger partial charge in [-0.3, -0.25) is 14.4 Å². The Kier molecular flexibility index (Phi) is 4.24. The van der Waals surface area contributed by atoms with E-state index in [1.807, 2.05) is 0 Å². The summed E-state index contributed by atoms with van der Waals surface area (Å²) in [4.78, 5) is 44.6. The van der Waals surface area contributed by atoms with Crippen LogP contribution in [-0.2, 0) is 19.2 Å². The van der Waals surface area contributed by atoms with Crippen LogP contribution in [0.3, 0.4) is 0 Å². The molecule has 0 aromatic rings. The number of hydrogen-bond acceptors (Lipinski definition) is 4. The summed E-state index contributed by atoms with van der Waals surface area (Å²) in [5.41, 5.74) is 0. The molecule has 3 N–H and O–H groups in total. The second kappa shape index (κ2) is 5.48. The van der Waals surface area contributed by atoms with Crippen LogP contribution in [0, 0.1) is 5.92 Å². The molecule has 1 fully saturated rings. The Morgan fingerprint density at radius 2 is 1.89 bits per heavy atom. The van der Waals surface area contributed by atoms with Crippen molar-refractivity contribution in [2.24, 2.45) is 5.92 Å². The van der Waals surface area contributed by atoms with Gasteiger partial charge in [0.1, 0.15) is 6.04 Å². The van der Waals surface area contributed by atoms with Crippen LogP contribution < -0.4 is 0 Å². The molecule has 1 rings (SSSR count). The Hall–Kier alpha value is -2.12. The zero-order valence-corrected chi connectivity index (χ0v) is 9.40. The van der Waals surface area contributed by atoms with Crippen molar-refractivity contribution < 1.29 is 34.5 Å². The second-order valence-corrected chi connectivity index (χ2v) is 4.07. The monoisotopic (exact) mass is 259 g/mol. The Morgan fingerprint density at radius 3 is 2.28 bits per heavy atom. The molecule has 8 heteroatoms. The van der Waals surface area contributed by atoms with Gasteiger partial charge in [-0.15, -0.1) is 0 Å². The molecule has 0 aromatic carbocycles. The number of carbonyl (C=O) groups is 4. The molecule has 0 bridgehead atoms. The molecule has 18 heavy (non-hydrogen) atoms. The molecule has 0 saturated carbocycles. The maximum atomic E-state index is 11.5.